The number of amides is 1. The first-order valence-corrected chi connectivity index (χ1v) is 9.65. The van der Waals surface area contributed by atoms with Crippen molar-refractivity contribution in [2.45, 2.75) is 6.42 Å². The van der Waals surface area contributed by atoms with Gasteiger partial charge in [-0.1, -0.05) is 24.3 Å². The van der Waals surface area contributed by atoms with Gasteiger partial charge in [0.1, 0.15) is 5.75 Å². The fraction of sp³-hybridized carbons (Fsp3) is 0.143. The Bertz CT molecular complexity index is 1030. The van der Waals surface area contributed by atoms with Crippen LogP contribution in [0.3, 0.4) is 0 Å². The van der Waals surface area contributed by atoms with Crippen LogP contribution in [-0.4, -0.2) is 29.5 Å². The van der Waals surface area contributed by atoms with E-state index in [1.165, 1.54) is 23.5 Å². The number of non-ortho nitro benzene ring substituents is 1. The molecule has 0 aliphatic heterocycles. The van der Waals surface area contributed by atoms with E-state index in [9.17, 15) is 14.9 Å². The van der Waals surface area contributed by atoms with Crippen LogP contribution in [0.1, 0.15) is 5.56 Å². The van der Waals surface area contributed by atoms with Gasteiger partial charge in [-0.25, -0.2) is 4.98 Å². The Morgan fingerprint density at radius 2 is 2.00 bits per heavy atom. The summed E-state index contributed by atoms with van der Waals surface area (Å²) in [5, 5.41) is 13.2. The van der Waals surface area contributed by atoms with Crippen molar-refractivity contribution in [2.75, 3.05) is 18.6 Å². The minimum atomic E-state index is -0.446. The molecule has 1 heterocycles. The Morgan fingerprint density at radius 1 is 1.28 bits per heavy atom. The minimum Gasteiger partial charge on any atom is -0.496 e. The van der Waals surface area contributed by atoms with Gasteiger partial charge >= 0.3 is 0 Å². The number of carbonyl (C=O) groups excluding carboxylic acids is 1. The molecule has 3 aromatic rings. The second-order valence-corrected chi connectivity index (χ2v) is 6.94. The third kappa shape index (κ3) is 4.67. The molecule has 1 amide bonds. The van der Waals surface area contributed by atoms with Gasteiger partial charge in [0.25, 0.3) is 5.69 Å². The average molecular weight is 409 g/mol. The Labute approximate surface area is 172 Å². The van der Waals surface area contributed by atoms with E-state index in [0.717, 1.165) is 11.1 Å². The van der Waals surface area contributed by atoms with E-state index in [-0.39, 0.29) is 18.0 Å². The number of nitro benzene ring substituents is 1. The summed E-state index contributed by atoms with van der Waals surface area (Å²) >= 11 is 1.33. The number of carbonyl (C=O) groups is 1. The summed E-state index contributed by atoms with van der Waals surface area (Å²) in [6.45, 7) is 4.06. The maximum absolute atomic E-state index is 13.0. The maximum Gasteiger partial charge on any atom is 0.269 e. The van der Waals surface area contributed by atoms with Crippen molar-refractivity contribution in [3.8, 4) is 17.0 Å². The first kappa shape index (κ1) is 20.2. The lowest BCUT2D eigenvalue weighted by molar-refractivity contribution is -0.384. The number of para-hydroxylation sites is 1. The Kier molecular flexibility index (Phi) is 6.36. The number of nitrogens with zero attached hydrogens (tertiary/aromatic N) is 3. The van der Waals surface area contributed by atoms with Crippen LogP contribution in [-0.2, 0) is 11.2 Å². The third-order valence-electron chi connectivity index (χ3n) is 4.24. The predicted molar refractivity (Wildman–Crippen MR) is 113 cm³/mol. The third-order valence-corrected chi connectivity index (χ3v) is 5.11. The summed E-state index contributed by atoms with van der Waals surface area (Å²) in [5.74, 6) is 0.532. The van der Waals surface area contributed by atoms with E-state index < -0.39 is 4.92 Å². The van der Waals surface area contributed by atoms with E-state index in [4.69, 9.17) is 4.74 Å². The number of hydrogen-bond acceptors (Lipinski definition) is 6. The fourth-order valence-corrected chi connectivity index (χ4v) is 3.66. The zero-order valence-electron chi connectivity index (χ0n) is 15.8. The largest absolute Gasteiger partial charge is 0.496 e. The number of rotatable bonds is 8. The molecule has 0 radical (unpaired) electrons. The van der Waals surface area contributed by atoms with Crippen molar-refractivity contribution >= 4 is 28.1 Å². The van der Waals surface area contributed by atoms with Crippen LogP contribution >= 0.6 is 11.3 Å². The van der Waals surface area contributed by atoms with Gasteiger partial charge in [0.2, 0.25) is 5.91 Å². The molecule has 0 fully saturated rings. The Hall–Kier alpha value is -3.52. The molecule has 0 saturated heterocycles. The Morgan fingerprint density at radius 3 is 2.66 bits per heavy atom. The molecule has 7 nitrogen and oxygen atoms in total. The maximum atomic E-state index is 13.0. The first-order chi connectivity index (χ1) is 14.0. The predicted octanol–water partition coefficient (Wildman–Crippen LogP) is 4.49. The normalized spacial score (nSPS) is 10.4. The van der Waals surface area contributed by atoms with Crippen LogP contribution in [0.2, 0.25) is 0 Å². The van der Waals surface area contributed by atoms with Crippen molar-refractivity contribution in [3.63, 3.8) is 0 Å². The van der Waals surface area contributed by atoms with Gasteiger partial charge in [0.15, 0.2) is 5.13 Å². The van der Waals surface area contributed by atoms with Crippen molar-refractivity contribution in [2.24, 2.45) is 0 Å². The van der Waals surface area contributed by atoms with Crippen molar-refractivity contribution in [3.05, 3.63) is 82.2 Å². The standard InChI is InChI=1S/C21H19N3O4S/c1-3-12-23(20(25)13-16-6-4-5-7-19(16)28-2)21-22-18(14-29-21)15-8-10-17(11-9-15)24(26)27/h3-11,14H,1,12-13H2,2H3. The number of anilines is 1. The molecule has 2 aromatic carbocycles. The van der Waals surface area contributed by atoms with Crippen LogP contribution in [0.25, 0.3) is 11.3 Å². The number of hydrogen-bond donors (Lipinski definition) is 0. The number of benzene rings is 2. The van der Waals surface area contributed by atoms with Gasteiger partial charge in [0, 0.05) is 35.2 Å². The minimum absolute atomic E-state index is 0.0180. The van der Waals surface area contributed by atoms with Gasteiger partial charge in [0.05, 0.1) is 24.1 Å². The van der Waals surface area contributed by atoms with E-state index in [0.29, 0.717) is 23.1 Å². The Balaban J connectivity index is 1.83. The lowest BCUT2D eigenvalue weighted by Gasteiger charge is -2.18. The number of ether oxygens (including phenoxy) is 1. The zero-order chi connectivity index (χ0) is 20.8. The fourth-order valence-electron chi connectivity index (χ4n) is 2.80. The van der Waals surface area contributed by atoms with Gasteiger partial charge in [-0.15, -0.1) is 17.9 Å². The number of methoxy groups -OCH3 is 1. The van der Waals surface area contributed by atoms with E-state index >= 15 is 0 Å². The zero-order valence-corrected chi connectivity index (χ0v) is 16.6. The van der Waals surface area contributed by atoms with E-state index in [1.807, 2.05) is 29.6 Å². The average Bonchev–Trinajstić information content (AvgIpc) is 3.22. The van der Waals surface area contributed by atoms with Gasteiger partial charge in [-0.2, -0.15) is 0 Å². The van der Waals surface area contributed by atoms with Crippen molar-refractivity contribution < 1.29 is 14.5 Å². The van der Waals surface area contributed by atoms with Crippen LogP contribution in [0.4, 0.5) is 10.8 Å². The van der Waals surface area contributed by atoms with Gasteiger partial charge in [-0.05, 0) is 18.2 Å². The quantitative estimate of drug-likeness (QED) is 0.311. The monoisotopic (exact) mass is 409 g/mol. The summed E-state index contributed by atoms with van der Waals surface area (Å²) in [6, 6.07) is 13.5. The molecule has 8 heteroatoms. The summed E-state index contributed by atoms with van der Waals surface area (Å²) in [4.78, 5) is 29.4. The highest BCUT2D eigenvalue weighted by Crippen LogP contribution is 2.29. The molecule has 0 N–H and O–H groups in total. The highest BCUT2D eigenvalue weighted by Gasteiger charge is 2.20. The number of aromatic nitrogens is 1. The molecule has 0 aliphatic rings. The molecular weight excluding hydrogens is 390 g/mol. The molecule has 148 valence electrons. The molecule has 0 bridgehead atoms. The van der Waals surface area contributed by atoms with Crippen molar-refractivity contribution in [1.29, 1.82) is 0 Å². The molecule has 3 rings (SSSR count). The second-order valence-electron chi connectivity index (χ2n) is 6.10. The molecule has 0 atom stereocenters. The van der Waals surface area contributed by atoms with Crippen LogP contribution in [0.5, 0.6) is 5.75 Å². The van der Waals surface area contributed by atoms with Crippen molar-refractivity contribution in [1.82, 2.24) is 4.98 Å². The molecule has 29 heavy (non-hydrogen) atoms. The van der Waals surface area contributed by atoms with Crippen LogP contribution < -0.4 is 9.64 Å². The molecule has 0 aliphatic carbocycles. The first-order valence-electron chi connectivity index (χ1n) is 8.77. The van der Waals surface area contributed by atoms with Crippen LogP contribution in [0.15, 0.2) is 66.6 Å². The molecular formula is C21H19N3O4S. The van der Waals surface area contributed by atoms with E-state index in [2.05, 4.69) is 11.6 Å². The number of nitro groups is 1. The lowest BCUT2D eigenvalue weighted by Crippen LogP contribution is -2.32. The summed E-state index contributed by atoms with van der Waals surface area (Å²) in [5.41, 5.74) is 2.21. The SMILES string of the molecule is C=CCN(C(=O)Cc1ccccc1OC)c1nc(-c2ccc([N+](=O)[O-])cc2)cs1. The second kappa shape index (κ2) is 9.11. The van der Waals surface area contributed by atoms with Gasteiger partial charge < -0.3 is 4.74 Å². The molecule has 0 saturated carbocycles. The van der Waals surface area contributed by atoms with E-state index in [1.54, 1.807) is 30.2 Å². The highest BCUT2D eigenvalue weighted by molar-refractivity contribution is 7.14. The lowest BCUT2D eigenvalue weighted by atomic mass is 10.1. The number of thiazole rings is 1. The molecule has 0 unspecified atom stereocenters. The van der Waals surface area contributed by atoms with Gasteiger partial charge in [-0.3, -0.25) is 19.8 Å². The topological polar surface area (TPSA) is 85.6 Å². The smallest absolute Gasteiger partial charge is 0.269 e. The highest BCUT2D eigenvalue weighted by atomic mass is 32.1. The summed E-state index contributed by atoms with van der Waals surface area (Å²) < 4.78 is 5.33. The molecule has 1 aromatic heterocycles. The molecule has 0 spiro atoms. The van der Waals surface area contributed by atoms with Crippen LogP contribution in [0, 0.1) is 10.1 Å². The summed E-state index contributed by atoms with van der Waals surface area (Å²) in [6.07, 6.45) is 1.82. The summed E-state index contributed by atoms with van der Waals surface area (Å²) in [7, 11) is 1.57.